The molecule has 0 unspecified atom stereocenters. The molecule has 1 aliphatic carbocycles. The predicted octanol–water partition coefficient (Wildman–Crippen LogP) is 3.22. The molecule has 0 bridgehead atoms. The third kappa shape index (κ3) is 6.00. The molecule has 0 aromatic heterocycles. The van der Waals surface area contributed by atoms with E-state index in [4.69, 9.17) is 4.74 Å². The van der Waals surface area contributed by atoms with Crippen molar-refractivity contribution in [3.63, 3.8) is 0 Å². The number of piperidine rings is 1. The standard InChI is InChI=1S/C31H40N4O5/c1-3-4-17-35-28(37)26(20-30(39)13-14-30)33-29(38)31(35)15-18-34(19-16-31)21-22-5-9-24(10-6-22)40-25-11-7-23(8-12-25)27(36)32-2/h5-12,26,39H,3-4,13-21H2,1-2H3,(H,32,36)(H,33,38)/t26-/m1/s1. The summed E-state index contributed by atoms with van der Waals surface area (Å²) in [4.78, 5) is 42.9. The van der Waals surface area contributed by atoms with Gasteiger partial charge in [0.15, 0.2) is 0 Å². The molecule has 1 saturated carbocycles. The highest BCUT2D eigenvalue weighted by molar-refractivity contribution is 6.00. The van der Waals surface area contributed by atoms with E-state index in [0.29, 0.717) is 68.8 Å². The third-order valence-corrected chi connectivity index (χ3v) is 8.55. The lowest BCUT2D eigenvalue weighted by atomic mass is 9.81. The minimum Gasteiger partial charge on any atom is -0.457 e. The SMILES string of the molecule is CCCCN1C(=O)[C@@H](CC2(O)CC2)NC(=O)C12CCN(Cc1ccc(Oc3ccc(C(=O)NC)cc3)cc1)CC2. The van der Waals surface area contributed by atoms with Crippen LogP contribution in [0.3, 0.4) is 0 Å². The van der Waals surface area contributed by atoms with Crippen LogP contribution in [0, 0.1) is 0 Å². The van der Waals surface area contributed by atoms with Gasteiger partial charge in [-0.3, -0.25) is 19.3 Å². The Hall–Kier alpha value is -3.43. The number of likely N-dealkylation sites (tertiary alicyclic amines) is 1. The average molecular weight is 549 g/mol. The molecule has 1 atom stereocenters. The highest BCUT2D eigenvalue weighted by Gasteiger charge is 2.55. The van der Waals surface area contributed by atoms with Gasteiger partial charge in [0.05, 0.1) is 5.60 Å². The zero-order chi connectivity index (χ0) is 28.3. The molecule has 214 valence electrons. The Balaban J connectivity index is 1.18. The molecule has 2 saturated heterocycles. The summed E-state index contributed by atoms with van der Waals surface area (Å²) < 4.78 is 5.93. The number of hydrogen-bond acceptors (Lipinski definition) is 6. The van der Waals surface area contributed by atoms with E-state index in [1.165, 1.54) is 0 Å². The van der Waals surface area contributed by atoms with E-state index in [2.05, 4.69) is 22.5 Å². The van der Waals surface area contributed by atoms with Crippen molar-refractivity contribution in [1.29, 1.82) is 0 Å². The highest BCUT2D eigenvalue weighted by Crippen LogP contribution is 2.42. The Morgan fingerprint density at radius 1 is 1.02 bits per heavy atom. The Morgan fingerprint density at radius 3 is 2.23 bits per heavy atom. The van der Waals surface area contributed by atoms with Gasteiger partial charge in [-0.15, -0.1) is 0 Å². The Bertz CT molecular complexity index is 1220. The molecule has 5 rings (SSSR count). The quantitative estimate of drug-likeness (QED) is 0.421. The summed E-state index contributed by atoms with van der Waals surface area (Å²) in [6.07, 6.45) is 4.69. The van der Waals surface area contributed by atoms with Gasteiger partial charge in [-0.2, -0.15) is 0 Å². The number of hydrogen-bond donors (Lipinski definition) is 3. The number of unbranched alkanes of at least 4 members (excludes halogenated alkanes) is 1. The molecule has 0 radical (unpaired) electrons. The van der Waals surface area contributed by atoms with Crippen LogP contribution in [0.2, 0.25) is 0 Å². The lowest BCUT2D eigenvalue weighted by Gasteiger charge is -2.52. The monoisotopic (exact) mass is 548 g/mol. The predicted molar refractivity (Wildman–Crippen MR) is 151 cm³/mol. The second-order valence-electron chi connectivity index (χ2n) is 11.5. The molecule has 2 aromatic carbocycles. The van der Waals surface area contributed by atoms with Gasteiger partial charge >= 0.3 is 0 Å². The maximum atomic E-state index is 13.5. The van der Waals surface area contributed by atoms with Gasteiger partial charge in [0, 0.05) is 45.2 Å². The summed E-state index contributed by atoms with van der Waals surface area (Å²) >= 11 is 0. The minimum atomic E-state index is -0.809. The Labute approximate surface area is 235 Å². The number of ether oxygens (including phenoxy) is 1. The zero-order valence-corrected chi connectivity index (χ0v) is 23.4. The lowest BCUT2D eigenvalue weighted by Crippen LogP contribution is -2.73. The van der Waals surface area contributed by atoms with Crippen LogP contribution in [0.15, 0.2) is 48.5 Å². The van der Waals surface area contributed by atoms with Gasteiger partial charge in [0.25, 0.3) is 5.91 Å². The van der Waals surface area contributed by atoms with E-state index in [-0.39, 0.29) is 17.7 Å². The molecule has 3 aliphatic rings. The van der Waals surface area contributed by atoms with E-state index in [1.807, 2.05) is 29.2 Å². The van der Waals surface area contributed by atoms with Crippen molar-refractivity contribution < 1.29 is 24.2 Å². The average Bonchev–Trinajstić information content (AvgIpc) is 3.70. The molecule has 9 nitrogen and oxygen atoms in total. The highest BCUT2D eigenvalue weighted by atomic mass is 16.5. The van der Waals surface area contributed by atoms with Gasteiger partial charge in [-0.05, 0) is 74.1 Å². The van der Waals surface area contributed by atoms with Crippen LogP contribution in [0.25, 0.3) is 0 Å². The summed E-state index contributed by atoms with van der Waals surface area (Å²) in [5.41, 5.74) is 0.114. The number of nitrogens with one attached hydrogen (secondary N) is 2. The van der Waals surface area contributed by atoms with Crippen molar-refractivity contribution in [3.05, 3.63) is 59.7 Å². The number of amides is 3. The van der Waals surface area contributed by atoms with Crippen LogP contribution in [-0.4, -0.2) is 76.5 Å². The number of carbonyl (C=O) groups excluding carboxylic acids is 3. The van der Waals surface area contributed by atoms with Crippen molar-refractivity contribution in [2.75, 3.05) is 26.7 Å². The number of nitrogens with zero attached hydrogens (tertiary/aromatic N) is 2. The van der Waals surface area contributed by atoms with Crippen LogP contribution >= 0.6 is 0 Å². The van der Waals surface area contributed by atoms with Gasteiger partial charge < -0.3 is 25.4 Å². The Kier molecular flexibility index (Phi) is 8.14. The number of aliphatic hydroxyl groups is 1. The van der Waals surface area contributed by atoms with Crippen LogP contribution < -0.4 is 15.4 Å². The molecular weight excluding hydrogens is 508 g/mol. The summed E-state index contributed by atoms with van der Waals surface area (Å²) in [5.74, 6) is 1.12. The molecule has 2 aliphatic heterocycles. The molecule has 9 heteroatoms. The van der Waals surface area contributed by atoms with E-state index < -0.39 is 17.2 Å². The zero-order valence-electron chi connectivity index (χ0n) is 23.4. The van der Waals surface area contributed by atoms with Gasteiger partial charge in [-0.1, -0.05) is 25.5 Å². The normalized spacial score (nSPS) is 21.7. The molecular formula is C31H40N4O5. The first-order chi connectivity index (χ1) is 19.2. The maximum Gasteiger partial charge on any atom is 0.251 e. The lowest BCUT2D eigenvalue weighted by molar-refractivity contribution is -0.162. The fourth-order valence-corrected chi connectivity index (χ4v) is 5.84. The van der Waals surface area contributed by atoms with Crippen LogP contribution in [-0.2, 0) is 16.1 Å². The molecule has 2 aromatic rings. The second kappa shape index (κ2) is 11.6. The van der Waals surface area contributed by atoms with Gasteiger partial charge in [-0.25, -0.2) is 0 Å². The largest absolute Gasteiger partial charge is 0.457 e. The number of piperazine rings is 1. The molecule has 3 amide bonds. The van der Waals surface area contributed by atoms with Crippen molar-refractivity contribution >= 4 is 17.7 Å². The molecule has 40 heavy (non-hydrogen) atoms. The van der Waals surface area contributed by atoms with Crippen molar-refractivity contribution in [1.82, 2.24) is 20.4 Å². The topological polar surface area (TPSA) is 111 Å². The first-order valence-corrected chi connectivity index (χ1v) is 14.4. The second-order valence-corrected chi connectivity index (χ2v) is 11.5. The van der Waals surface area contributed by atoms with Crippen LogP contribution in [0.5, 0.6) is 11.5 Å². The van der Waals surface area contributed by atoms with Crippen LogP contribution in [0.4, 0.5) is 0 Å². The molecule has 3 fully saturated rings. The minimum absolute atomic E-state index is 0.0410. The van der Waals surface area contributed by atoms with Crippen molar-refractivity contribution in [2.24, 2.45) is 0 Å². The van der Waals surface area contributed by atoms with Gasteiger partial charge in [0.1, 0.15) is 23.1 Å². The molecule has 2 heterocycles. The summed E-state index contributed by atoms with van der Waals surface area (Å²) in [6.45, 7) is 4.85. The molecule has 3 N–H and O–H groups in total. The summed E-state index contributed by atoms with van der Waals surface area (Å²) in [5, 5.41) is 16.0. The fraction of sp³-hybridized carbons (Fsp3) is 0.516. The smallest absolute Gasteiger partial charge is 0.251 e. The van der Waals surface area contributed by atoms with Crippen LogP contribution in [0.1, 0.15) is 67.8 Å². The van der Waals surface area contributed by atoms with Gasteiger partial charge in [0.2, 0.25) is 11.8 Å². The van der Waals surface area contributed by atoms with E-state index in [9.17, 15) is 19.5 Å². The van der Waals surface area contributed by atoms with Crippen molar-refractivity contribution in [2.45, 2.75) is 75.6 Å². The Morgan fingerprint density at radius 2 is 1.65 bits per heavy atom. The maximum absolute atomic E-state index is 13.5. The van der Waals surface area contributed by atoms with Crippen molar-refractivity contribution in [3.8, 4) is 11.5 Å². The number of benzene rings is 2. The number of rotatable bonds is 10. The fourth-order valence-electron chi connectivity index (χ4n) is 5.84. The molecule has 1 spiro atoms. The summed E-state index contributed by atoms with van der Waals surface area (Å²) in [7, 11) is 1.60. The van der Waals surface area contributed by atoms with E-state index >= 15 is 0 Å². The first-order valence-electron chi connectivity index (χ1n) is 14.4. The first kappa shape index (κ1) is 28.1. The van der Waals surface area contributed by atoms with E-state index in [0.717, 1.165) is 24.9 Å². The third-order valence-electron chi connectivity index (χ3n) is 8.55. The van der Waals surface area contributed by atoms with E-state index in [1.54, 1.807) is 31.3 Å². The summed E-state index contributed by atoms with van der Waals surface area (Å²) in [6, 6.07) is 14.3. The number of carbonyl (C=O) groups is 3.